The van der Waals surface area contributed by atoms with E-state index >= 15 is 0 Å². The van der Waals surface area contributed by atoms with Gasteiger partial charge in [-0.3, -0.25) is 4.79 Å². The molecule has 1 heterocycles. The molecule has 1 fully saturated rings. The van der Waals surface area contributed by atoms with Gasteiger partial charge in [-0.1, -0.05) is 26.3 Å². The Morgan fingerprint density at radius 3 is 2.83 bits per heavy atom. The number of carbonyl (C=O) groups excluding carboxylic acids is 1. The van der Waals surface area contributed by atoms with Gasteiger partial charge in [0, 0.05) is 12.0 Å². The highest BCUT2D eigenvalue weighted by atomic mass is 16.3. The molecule has 0 radical (unpaired) electrons. The van der Waals surface area contributed by atoms with E-state index in [0.717, 1.165) is 18.4 Å². The predicted molar refractivity (Wildman–Crippen MR) is 89.8 cm³/mol. The van der Waals surface area contributed by atoms with Gasteiger partial charge in [-0.25, -0.2) is 0 Å². The molecule has 3 nitrogen and oxygen atoms in total. The fraction of sp³-hybridized carbons (Fsp3) is 0.650. The van der Waals surface area contributed by atoms with Crippen molar-refractivity contribution in [1.29, 1.82) is 0 Å². The summed E-state index contributed by atoms with van der Waals surface area (Å²) in [6, 6.07) is 1.83. The number of carbonyl (C=O) groups is 1. The average Bonchev–Trinajstić information content (AvgIpc) is 3.01. The lowest BCUT2D eigenvalue weighted by Crippen LogP contribution is -2.51. The normalized spacial score (nSPS) is 38.8. The number of hydrogen-bond acceptors (Lipinski definition) is 3. The van der Waals surface area contributed by atoms with Crippen LogP contribution in [0.25, 0.3) is 0 Å². The SMILES string of the molecule is CC1=CC(=O)C[C@@H]2[C@@](C)(C[C@@H](O)c3ccoc3)[C@H](C)CC[C@@]12C. The van der Waals surface area contributed by atoms with Crippen LogP contribution in [0.2, 0.25) is 0 Å². The maximum Gasteiger partial charge on any atom is 0.155 e. The predicted octanol–water partition coefficient (Wildman–Crippen LogP) is 4.68. The second-order valence-corrected chi connectivity index (χ2v) is 8.19. The molecule has 0 spiro atoms. The Morgan fingerprint density at radius 2 is 2.17 bits per heavy atom. The van der Waals surface area contributed by atoms with Crippen LogP contribution < -0.4 is 0 Å². The van der Waals surface area contributed by atoms with E-state index in [4.69, 9.17) is 4.42 Å². The molecular weight excluding hydrogens is 288 g/mol. The summed E-state index contributed by atoms with van der Waals surface area (Å²) in [5.74, 6) is 1.02. The number of allylic oxidation sites excluding steroid dienone is 2. The standard InChI is InChI=1S/C20H28O3/c1-13-5-7-19(3)14(2)9-16(21)10-18(19)20(13,4)11-17(22)15-6-8-23-12-15/h6,8-9,12-13,17-18,22H,5,7,10-11H2,1-4H3/t13-,17-,18+,19+,20+/m1/s1. The summed E-state index contributed by atoms with van der Waals surface area (Å²) in [7, 11) is 0. The third-order valence-electron chi connectivity index (χ3n) is 7.03. The second-order valence-electron chi connectivity index (χ2n) is 8.19. The molecule has 1 aromatic heterocycles. The van der Waals surface area contributed by atoms with E-state index in [1.165, 1.54) is 5.57 Å². The molecule has 23 heavy (non-hydrogen) atoms. The van der Waals surface area contributed by atoms with E-state index in [1.54, 1.807) is 12.5 Å². The Labute approximate surface area is 138 Å². The average molecular weight is 316 g/mol. The van der Waals surface area contributed by atoms with Crippen molar-refractivity contribution in [2.75, 3.05) is 0 Å². The lowest BCUT2D eigenvalue weighted by Gasteiger charge is -2.58. The Bertz CT molecular complexity index is 615. The Hall–Kier alpha value is -1.35. The summed E-state index contributed by atoms with van der Waals surface area (Å²) < 4.78 is 5.12. The zero-order chi connectivity index (χ0) is 16.8. The first kappa shape index (κ1) is 16.5. The Balaban J connectivity index is 1.95. The lowest BCUT2D eigenvalue weighted by atomic mass is 9.46. The summed E-state index contributed by atoms with van der Waals surface area (Å²) in [6.07, 6.45) is 8.09. The lowest BCUT2D eigenvalue weighted by molar-refractivity contribution is -0.125. The van der Waals surface area contributed by atoms with Crippen LogP contribution in [-0.4, -0.2) is 10.9 Å². The zero-order valence-corrected chi connectivity index (χ0v) is 14.6. The molecule has 0 aliphatic heterocycles. The van der Waals surface area contributed by atoms with Crippen LogP contribution in [0.1, 0.15) is 65.0 Å². The van der Waals surface area contributed by atoms with Crippen LogP contribution in [0.3, 0.4) is 0 Å². The Kier molecular flexibility index (Phi) is 4.04. The minimum absolute atomic E-state index is 0.0606. The third kappa shape index (κ3) is 2.59. The van der Waals surface area contributed by atoms with Gasteiger partial charge in [0.05, 0.1) is 18.6 Å². The van der Waals surface area contributed by atoms with E-state index in [0.29, 0.717) is 18.8 Å². The van der Waals surface area contributed by atoms with Crippen LogP contribution >= 0.6 is 0 Å². The van der Waals surface area contributed by atoms with E-state index < -0.39 is 6.10 Å². The number of fused-ring (bicyclic) bond motifs is 1. The van der Waals surface area contributed by atoms with Crippen molar-refractivity contribution in [3.05, 3.63) is 35.8 Å². The molecular formula is C20H28O3. The van der Waals surface area contributed by atoms with Crippen molar-refractivity contribution in [1.82, 2.24) is 0 Å². The summed E-state index contributed by atoms with van der Waals surface area (Å²) in [6.45, 7) is 8.96. The molecule has 0 unspecified atom stereocenters. The maximum absolute atomic E-state index is 12.2. The largest absolute Gasteiger partial charge is 0.472 e. The van der Waals surface area contributed by atoms with Gasteiger partial charge < -0.3 is 9.52 Å². The van der Waals surface area contributed by atoms with Crippen molar-refractivity contribution in [2.24, 2.45) is 22.7 Å². The van der Waals surface area contributed by atoms with Gasteiger partial charge in [0.2, 0.25) is 0 Å². The van der Waals surface area contributed by atoms with Gasteiger partial charge in [0.1, 0.15) is 0 Å². The van der Waals surface area contributed by atoms with Crippen LogP contribution in [0.15, 0.2) is 34.7 Å². The number of ketones is 1. The van der Waals surface area contributed by atoms with Crippen LogP contribution in [0, 0.1) is 22.7 Å². The summed E-state index contributed by atoms with van der Waals surface area (Å²) >= 11 is 0. The fourth-order valence-corrected chi connectivity index (χ4v) is 5.03. The number of furan rings is 1. The van der Waals surface area contributed by atoms with Gasteiger partial charge in [-0.05, 0) is 61.0 Å². The minimum Gasteiger partial charge on any atom is -0.472 e. The number of aliphatic hydroxyl groups excluding tert-OH is 1. The molecule has 0 bridgehead atoms. The van der Waals surface area contributed by atoms with Gasteiger partial charge in [-0.2, -0.15) is 0 Å². The van der Waals surface area contributed by atoms with Gasteiger partial charge in [0.15, 0.2) is 5.78 Å². The molecule has 1 aromatic rings. The van der Waals surface area contributed by atoms with Crippen molar-refractivity contribution < 1.29 is 14.3 Å². The minimum atomic E-state index is -0.537. The van der Waals surface area contributed by atoms with Crippen molar-refractivity contribution >= 4 is 5.78 Å². The molecule has 126 valence electrons. The quantitative estimate of drug-likeness (QED) is 0.880. The smallest absolute Gasteiger partial charge is 0.155 e. The second kappa shape index (κ2) is 5.62. The molecule has 3 heteroatoms. The van der Waals surface area contributed by atoms with E-state index in [9.17, 15) is 9.90 Å². The van der Waals surface area contributed by atoms with Gasteiger partial charge >= 0.3 is 0 Å². The number of aliphatic hydroxyl groups is 1. The van der Waals surface area contributed by atoms with Crippen molar-refractivity contribution in [3.8, 4) is 0 Å². The van der Waals surface area contributed by atoms with E-state index in [2.05, 4.69) is 27.7 Å². The number of hydrogen-bond donors (Lipinski definition) is 1. The first-order valence-corrected chi connectivity index (χ1v) is 8.69. The molecule has 5 atom stereocenters. The van der Waals surface area contributed by atoms with Crippen LogP contribution in [0.4, 0.5) is 0 Å². The first-order valence-electron chi connectivity index (χ1n) is 8.69. The third-order valence-corrected chi connectivity index (χ3v) is 7.03. The fourth-order valence-electron chi connectivity index (χ4n) is 5.03. The zero-order valence-electron chi connectivity index (χ0n) is 14.6. The van der Waals surface area contributed by atoms with Gasteiger partial charge in [0.25, 0.3) is 0 Å². The topological polar surface area (TPSA) is 50.4 Å². The molecule has 1 saturated carbocycles. The van der Waals surface area contributed by atoms with Crippen molar-refractivity contribution in [3.63, 3.8) is 0 Å². The summed E-state index contributed by atoms with van der Waals surface area (Å²) in [4.78, 5) is 12.2. The molecule has 2 aliphatic carbocycles. The summed E-state index contributed by atoms with van der Waals surface area (Å²) in [5.41, 5.74) is 2.06. The highest BCUT2D eigenvalue weighted by Crippen LogP contribution is 2.62. The molecule has 2 aliphatic rings. The van der Waals surface area contributed by atoms with Crippen LogP contribution in [0.5, 0.6) is 0 Å². The number of rotatable bonds is 3. The maximum atomic E-state index is 12.2. The van der Waals surface area contributed by atoms with Crippen LogP contribution in [-0.2, 0) is 4.79 Å². The Morgan fingerprint density at radius 1 is 1.43 bits per heavy atom. The monoisotopic (exact) mass is 316 g/mol. The summed E-state index contributed by atoms with van der Waals surface area (Å²) in [5, 5.41) is 10.7. The van der Waals surface area contributed by atoms with E-state index in [1.807, 2.05) is 12.1 Å². The molecule has 0 saturated heterocycles. The van der Waals surface area contributed by atoms with E-state index in [-0.39, 0.29) is 22.5 Å². The highest BCUT2D eigenvalue weighted by Gasteiger charge is 2.55. The van der Waals surface area contributed by atoms with Crippen molar-refractivity contribution in [2.45, 2.75) is 59.5 Å². The van der Waals surface area contributed by atoms with Gasteiger partial charge in [-0.15, -0.1) is 0 Å². The molecule has 0 amide bonds. The highest BCUT2D eigenvalue weighted by molar-refractivity contribution is 5.92. The molecule has 0 aromatic carbocycles. The first-order chi connectivity index (χ1) is 10.8. The molecule has 1 N–H and O–H groups in total. The molecule has 3 rings (SSSR count).